The number of carbonyl (C=O) groups excluding carboxylic acids is 1. The number of amides is 1. The highest BCUT2D eigenvalue weighted by Gasteiger charge is 2.22. The minimum absolute atomic E-state index is 0.123. The highest BCUT2D eigenvalue weighted by atomic mass is 32.2. The van der Waals surface area contributed by atoms with Crippen molar-refractivity contribution in [2.75, 3.05) is 12.4 Å². The number of pyridine rings is 1. The summed E-state index contributed by atoms with van der Waals surface area (Å²) in [6.45, 7) is 1.94. The number of anilines is 1. The zero-order valence-corrected chi connectivity index (χ0v) is 14.2. The van der Waals surface area contributed by atoms with Gasteiger partial charge in [0.25, 0.3) is 5.22 Å². The smallest absolute Gasteiger partial charge is 0.259 e. The van der Waals surface area contributed by atoms with E-state index in [0.29, 0.717) is 34.3 Å². The summed E-state index contributed by atoms with van der Waals surface area (Å²) < 4.78 is 10.9. The summed E-state index contributed by atoms with van der Waals surface area (Å²) in [5.74, 6) is 0.499. The largest absolute Gasteiger partial charge is 0.495 e. The van der Waals surface area contributed by atoms with Crippen LogP contribution >= 0.6 is 11.8 Å². The number of hydrogen-bond donors (Lipinski definition) is 1. The number of carbonyl (C=O) groups is 1. The molecule has 0 bridgehead atoms. The Balaban J connectivity index is 1.74. The van der Waals surface area contributed by atoms with Crippen LogP contribution in [0.25, 0.3) is 11.2 Å². The molecule has 24 heavy (non-hydrogen) atoms. The van der Waals surface area contributed by atoms with Gasteiger partial charge in [-0.05, 0) is 30.7 Å². The second-order valence-corrected chi connectivity index (χ2v) is 6.16. The SMILES string of the molecule is CCC(Sc1nc2ncccc2o1)C(=O)Nc1ccccc1OC. The molecule has 0 aliphatic rings. The number of methoxy groups -OCH3 is 1. The van der Waals surface area contributed by atoms with E-state index in [-0.39, 0.29) is 11.2 Å². The van der Waals surface area contributed by atoms with Gasteiger partial charge in [0, 0.05) is 6.20 Å². The maximum Gasteiger partial charge on any atom is 0.259 e. The van der Waals surface area contributed by atoms with Crippen LogP contribution in [0, 0.1) is 0 Å². The van der Waals surface area contributed by atoms with Gasteiger partial charge in [0.05, 0.1) is 18.0 Å². The van der Waals surface area contributed by atoms with E-state index >= 15 is 0 Å². The predicted molar refractivity (Wildman–Crippen MR) is 93.4 cm³/mol. The van der Waals surface area contributed by atoms with E-state index in [1.54, 1.807) is 37.6 Å². The van der Waals surface area contributed by atoms with Crippen LogP contribution in [0.15, 0.2) is 52.2 Å². The average Bonchev–Trinajstić information content (AvgIpc) is 3.02. The highest BCUT2D eigenvalue weighted by molar-refractivity contribution is 8.00. The molecule has 1 aromatic carbocycles. The van der Waals surface area contributed by atoms with Crippen molar-refractivity contribution in [3.63, 3.8) is 0 Å². The Labute approximate surface area is 143 Å². The molecule has 0 saturated carbocycles. The lowest BCUT2D eigenvalue weighted by molar-refractivity contribution is -0.115. The number of benzene rings is 1. The lowest BCUT2D eigenvalue weighted by Gasteiger charge is -2.14. The van der Waals surface area contributed by atoms with Crippen molar-refractivity contribution >= 4 is 34.6 Å². The van der Waals surface area contributed by atoms with E-state index in [0.717, 1.165) is 0 Å². The molecule has 0 fully saturated rings. The lowest BCUT2D eigenvalue weighted by atomic mass is 10.2. The quantitative estimate of drug-likeness (QED) is 0.687. The number of nitrogens with zero attached hydrogens (tertiary/aromatic N) is 2. The van der Waals surface area contributed by atoms with Crippen molar-refractivity contribution < 1.29 is 13.9 Å². The zero-order valence-electron chi connectivity index (χ0n) is 13.4. The first-order chi connectivity index (χ1) is 11.7. The van der Waals surface area contributed by atoms with Crippen molar-refractivity contribution in [2.45, 2.75) is 23.8 Å². The third-order valence-corrected chi connectivity index (χ3v) is 4.62. The standard InChI is InChI=1S/C17H17N3O3S/c1-3-14(16(21)19-11-7-4-5-8-12(11)22-2)24-17-20-15-13(23-17)9-6-10-18-15/h4-10,14H,3H2,1-2H3,(H,19,21). The maximum atomic E-state index is 12.6. The molecule has 2 aromatic heterocycles. The number of hydrogen-bond acceptors (Lipinski definition) is 6. The van der Waals surface area contributed by atoms with E-state index in [4.69, 9.17) is 9.15 Å². The first-order valence-electron chi connectivity index (χ1n) is 7.53. The van der Waals surface area contributed by atoms with Crippen LogP contribution in [-0.4, -0.2) is 28.2 Å². The zero-order chi connectivity index (χ0) is 16.9. The van der Waals surface area contributed by atoms with Crippen LogP contribution in [0.3, 0.4) is 0 Å². The number of rotatable bonds is 6. The fourth-order valence-corrected chi connectivity index (χ4v) is 3.06. The predicted octanol–water partition coefficient (Wildman–Crippen LogP) is 3.74. The molecular formula is C17H17N3O3S. The fourth-order valence-electron chi connectivity index (χ4n) is 2.20. The van der Waals surface area contributed by atoms with Crippen LogP contribution in [0.2, 0.25) is 0 Å². The van der Waals surface area contributed by atoms with Crippen molar-refractivity contribution in [1.82, 2.24) is 9.97 Å². The second kappa shape index (κ2) is 7.35. The molecule has 7 heteroatoms. The number of ether oxygens (including phenoxy) is 1. The van der Waals surface area contributed by atoms with E-state index in [1.807, 2.05) is 19.1 Å². The molecule has 1 atom stereocenters. The van der Waals surface area contributed by atoms with Gasteiger partial charge in [-0.2, -0.15) is 4.98 Å². The van der Waals surface area contributed by atoms with Crippen molar-refractivity contribution in [3.8, 4) is 5.75 Å². The first kappa shape index (κ1) is 16.3. The number of oxazole rings is 1. The van der Waals surface area contributed by atoms with E-state index in [2.05, 4.69) is 15.3 Å². The van der Waals surface area contributed by atoms with Crippen LogP contribution in [0.5, 0.6) is 5.75 Å². The van der Waals surface area contributed by atoms with Gasteiger partial charge in [-0.25, -0.2) is 4.98 Å². The molecule has 6 nitrogen and oxygen atoms in total. The lowest BCUT2D eigenvalue weighted by Crippen LogP contribution is -2.24. The molecule has 0 spiro atoms. The molecule has 0 aliphatic heterocycles. The molecule has 0 radical (unpaired) electrons. The highest BCUT2D eigenvalue weighted by Crippen LogP contribution is 2.29. The van der Waals surface area contributed by atoms with Gasteiger partial charge in [0.2, 0.25) is 5.91 Å². The van der Waals surface area contributed by atoms with Crippen molar-refractivity contribution in [1.29, 1.82) is 0 Å². The van der Waals surface area contributed by atoms with Gasteiger partial charge < -0.3 is 14.5 Å². The fraction of sp³-hybridized carbons (Fsp3) is 0.235. The third kappa shape index (κ3) is 3.51. The molecule has 1 N–H and O–H groups in total. The minimum Gasteiger partial charge on any atom is -0.495 e. The Kier molecular flexibility index (Phi) is 5.00. The van der Waals surface area contributed by atoms with Gasteiger partial charge in [0.1, 0.15) is 5.75 Å². The molecule has 2 heterocycles. The second-order valence-electron chi connectivity index (χ2n) is 5.01. The minimum atomic E-state index is -0.331. The van der Waals surface area contributed by atoms with E-state index in [9.17, 15) is 4.79 Å². The van der Waals surface area contributed by atoms with Crippen LogP contribution in [-0.2, 0) is 4.79 Å². The number of aromatic nitrogens is 2. The monoisotopic (exact) mass is 343 g/mol. The Hall–Kier alpha value is -2.54. The Bertz CT molecular complexity index is 817. The summed E-state index contributed by atoms with van der Waals surface area (Å²) in [4.78, 5) is 21.0. The Morgan fingerprint density at radius 3 is 2.92 bits per heavy atom. The third-order valence-electron chi connectivity index (χ3n) is 3.42. The molecule has 0 aliphatic carbocycles. The molecule has 3 aromatic rings. The van der Waals surface area contributed by atoms with Gasteiger partial charge in [0.15, 0.2) is 11.2 Å². The summed E-state index contributed by atoms with van der Waals surface area (Å²) in [5.41, 5.74) is 1.79. The van der Waals surface area contributed by atoms with Gasteiger partial charge in [-0.15, -0.1) is 0 Å². The van der Waals surface area contributed by atoms with Gasteiger partial charge in [-0.1, -0.05) is 30.8 Å². The molecular weight excluding hydrogens is 326 g/mol. The number of nitrogens with one attached hydrogen (secondary N) is 1. The van der Waals surface area contributed by atoms with Crippen LogP contribution in [0.1, 0.15) is 13.3 Å². The Morgan fingerprint density at radius 2 is 2.17 bits per heavy atom. The molecule has 0 saturated heterocycles. The Morgan fingerprint density at radius 1 is 1.33 bits per heavy atom. The maximum absolute atomic E-state index is 12.6. The van der Waals surface area contributed by atoms with Crippen molar-refractivity contribution in [2.24, 2.45) is 0 Å². The van der Waals surface area contributed by atoms with Gasteiger partial charge in [-0.3, -0.25) is 4.79 Å². The number of thioether (sulfide) groups is 1. The topological polar surface area (TPSA) is 77.2 Å². The molecule has 124 valence electrons. The summed E-state index contributed by atoms with van der Waals surface area (Å²) in [5, 5.41) is 3.00. The van der Waals surface area contributed by atoms with Crippen LogP contribution < -0.4 is 10.1 Å². The summed E-state index contributed by atoms with van der Waals surface area (Å²) >= 11 is 1.28. The molecule has 1 amide bonds. The number of para-hydroxylation sites is 2. The first-order valence-corrected chi connectivity index (χ1v) is 8.41. The van der Waals surface area contributed by atoms with Crippen molar-refractivity contribution in [3.05, 3.63) is 42.6 Å². The molecule has 1 unspecified atom stereocenters. The summed E-state index contributed by atoms with van der Waals surface area (Å²) in [7, 11) is 1.57. The van der Waals surface area contributed by atoms with E-state index < -0.39 is 0 Å². The van der Waals surface area contributed by atoms with E-state index in [1.165, 1.54) is 11.8 Å². The number of fused-ring (bicyclic) bond motifs is 1. The summed E-state index contributed by atoms with van der Waals surface area (Å²) in [6.07, 6.45) is 2.29. The summed E-state index contributed by atoms with van der Waals surface area (Å²) in [6, 6.07) is 10.9. The normalized spacial score (nSPS) is 12.1. The molecule has 3 rings (SSSR count). The average molecular weight is 343 g/mol. The van der Waals surface area contributed by atoms with Gasteiger partial charge >= 0.3 is 0 Å². The van der Waals surface area contributed by atoms with Crippen LogP contribution in [0.4, 0.5) is 5.69 Å².